The zero-order valence-electron chi connectivity index (χ0n) is 10.2. The molecule has 5 heteroatoms. The summed E-state index contributed by atoms with van der Waals surface area (Å²) in [7, 11) is 2.02. The molecule has 1 fully saturated rings. The lowest BCUT2D eigenvalue weighted by Gasteiger charge is -2.22. The highest BCUT2D eigenvalue weighted by Crippen LogP contribution is 2.18. The smallest absolute Gasteiger partial charge is 0.133 e. The summed E-state index contributed by atoms with van der Waals surface area (Å²) in [6.07, 6.45) is 2.65. The maximum atomic E-state index is 5.89. The molecule has 1 aliphatic rings. The lowest BCUT2D eigenvalue weighted by molar-refractivity contribution is 0.346. The predicted octanol–water partition coefficient (Wildman–Crippen LogP) is 1.85. The first-order valence-corrected chi connectivity index (χ1v) is 6.39. The molecule has 1 aromatic rings. The van der Waals surface area contributed by atoms with Crippen LogP contribution in [0.3, 0.4) is 0 Å². The van der Waals surface area contributed by atoms with Crippen molar-refractivity contribution in [3.05, 3.63) is 17.3 Å². The van der Waals surface area contributed by atoms with Gasteiger partial charge in [0.25, 0.3) is 0 Å². The number of hydrogen-bond acceptors (Lipinski definition) is 4. The average Bonchev–Trinajstić information content (AvgIpc) is 2.77. The summed E-state index contributed by atoms with van der Waals surface area (Å²) in [5.41, 5.74) is 6.41. The monoisotopic (exact) mass is 254 g/mol. The molecule has 0 unspecified atom stereocenters. The van der Waals surface area contributed by atoms with Crippen molar-refractivity contribution in [2.75, 3.05) is 43.9 Å². The van der Waals surface area contributed by atoms with Crippen LogP contribution in [0.4, 0.5) is 11.5 Å². The Morgan fingerprint density at radius 2 is 2.12 bits per heavy atom. The number of halogens is 1. The van der Waals surface area contributed by atoms with Crippen molar-refractivity contribution < 1.29 is 0 Å². The second kappa shape index (κ2) is 5.56. The van der Waals surface area contributed by atoms with E-state index in [2.05, 4.69) is 14.8 Å². The van der Waals surface area contributed by atoms with E-state index < -0.39 is 0 Å². The van der Waals surface area contributed by atoms with Gasteiger partial charge < -0.3 is 15.5 Å². The number of aromatic nitrogens is 1. The van der Waals surface area contributed by atoms with Gasteiger partial charge in [-0.05, 0) is 32.0 Å². The van der Waals surface area contributed by atoms with Crippen molar-refractivity contribution in [2.24, 2.45) is 0 Å². The van der Waals surface area contributed by atoms with E-state index in [4.69, 9.17) is 17.3 Å². The second-order valence-electron chi connectivity index (χ2n) is 4.55. The van der Waals surface area contributed by atoms with Gasteiger partial charge in [-0.15, -0.1) is 0 Å². The van der Waals surface area contributed by atoms with Gasteiger partial charge in [0.15, 0.2) is 0 Å². The fourth-order valence-electron chi connectivity index (χ4n) is 2.11. The molecule has 0 bridgehead atoms. The maximum Gasteiger partial charge on any atom is 0.133 e. The van der Waals surface area contributed by atoms with E-state index in [1.807, 2.05) is 13.1 Å². The van der Waals surface area contributed by atoms with Gasteiger partial charge >= 0.3 is 0 Å². The molecule has 94 valence electrons. The summed E-state index contributed by atoms with van der Waals surface area (Å²) in [5.74, 6) is 0.842. The lowest BCUT2D eigenvalue weighted by atomic mass is 10.3. The zero-order chi connectivity index (χ0) is 12.3. The van der Waals surface area contributed by atoms with Crippen LogP contribution < -0.4 is 10.6 Å². The van der Waals surface area contributed by atoms with E-state index in [1.165, 1.54) is 25.9 Å². The molecule has 1 aromatic heterocycles. The fourth-order valence-corrected chi connectivity index (χ4v) is 2.32. The van der Waals surface area contributed by atoms with E-state index in [1.54, 1.807) is 6.07 Å². The summed E-state index contributed by atoms with van der Waals surface area (Å²) >= 11 is 5.89. The quantitative estimate of drug-likeness (QED) is 0.833. The molecule has 0 atom stereocenters. The van der Waals surface area contributed by atoms with E-state index in [-0.39, 0.29) is 0 Å². The predicted molar refractivity (Wildman–Crippen MR) is 72.6 cm³/mol. The number of nitrogens with two attached hydrogens (primary N) is 1. The summed E-state index contributed by atoms with van der Waals surface area (Å²) in [4.78, 5) is 8.85. The maximum absolute atomic E-state index is 5.89. The van der Waals surface area contributed by atoms with Crippen LogP contribution in [-0.4, -0.2) is 43.1 Å². The van der Waals surface area contributed by atoms with Gasteiger partial charge in [-0.25, -0.2) is 4.98 Å². The first kappa shape index (κ1) is 12.5. The molecule has 2 heterocycles. The van der Waals surface area contributed by atoms with E-state index in [9.17, 15) is 0 Å². The normalized spacial score (nSPS) is 16.4. The molecule has 1 saturated heterocycles. The van der Waals surface area contributed by atoms with Gasteiger partial charge in [0.2, 0.25) is 0 Å². The molecule has 0 aromatic carbocycles. The van der Waals surface area contributed by atoms with Gasteiger partial charge in [0, 0.05) is 31.9 Å². The van der Waals surface area contributed by atoms with E-state index in [0.29, 0.717) is 10.8 Å². The highest BCUT2D eigenvalue weighted by molar-refractivity contribution is 6.29. The Morgan fingerprint density at radius 1 is 1.41 bits per heavy atom. The second-order valence-corrected chi connectivity index (χ2v) is 4.94. The van der Waals surface area contributed by atoms with Crippen LogP contribution in [0.5, 0.6) is 0 Å². The third-order valence-electron chi connectivity index (χ3n) is 3.14. The van der Waals surface area contributed by atoms with Crippen molar-refractivity contribution in [1.82, 2.24) is 9.88 Å². The Bertz CT molecular complexity index is 357. The van der Waals surface area contributed by atoms with Crippen LogP contribution in [0.1, 0.15) is 12.8 Å². The number of hydrogen-bond donors (Lipinski definition) is 1. The Morgan fingerprint density at radius 3 is 2.76 bits per heavy atom. The van der Waals surface area contributed by atoms with Crippen LogP contribution in [0.15, 0.2) is 12.1 Å². The Kier molecular flexibility index (Phi) is 4.07. The van der Waals surface area contributed by atoms with Gasteiger partial charge in [0.1, 0.15) is 11.0 Å². The summed E-state index contributed by atoms with van der Waals surface area (Å²) < 4.78 is 0. The van der Waals surface area contributed by atoms with Crippen molar-refractivity contribution in [1.29, 1.82) is 0 Å². The number of likely N-dealkylation sites (N-methyl/N-ethyl adjacent to an activating group) is 1. The molecule has 1 aliphatic heterocycles. The van der Waals surface area contributed by atoms with Crippen molar-refractivity contribution in [3.8, 4) is 0 Å². The number of anilines is 2. The third-order valence-corrected chi connectivity index (χ3v) is 3.34. The lowest BCUT2D eigenvalue weighted by Crippen LogP contribution is -2.31. The molecule has 0 amide bonds. The number of nitrogens with zero attached hydrogens (tertiary/aromatic N) is 3. The van der Waals surface area contributed by atoms with Crippen molar-refractivity contribution in [3.63, 3.8) is 0 Å². The fraction of sp³-hybridized carbons (Fsp3) is 0.583. The first-order chi connectivity index (χ1) is 8.15. The summed E-state index contributed by atoms with van der Waals surface area (Å²) in [6, 6.07) is 3.52. The van der Waals surface area contributed by atoms with E-state index in [0.717, 1.165) is 18.9 Å². The van der Waals surface area contributed by atoms with E-state index >= 15 is 0 Å². The first-order valence-electron chi connectivity index (χ1n) is 6.02. The minimum Gasteiger partial charge on any atom is -0.399 e. The summed E-state index contributed by atoms with van der Waals surface area (Å²) in [6.45, 7) is 4.47. The van der Waals surface area contributed by atoms with Gasteiger partial charge in [0.05, 0.1) is 0 Å². The molecular weight excluding hydrogens is 236 g/mol. The number of nitrogen functional groups attached to an aromatic ring is 1. The third kappa shape index (κ3) is 3.48. The summed E-state index contributed by atoms with van der Waals surface area (Å²) in [5, 5.41) is 0.452. The molecule has 0 radical (unpaired) electrons. The molecule has 0 spiro atoms. The van der Waals surface area contributed by atoms with Gasteiger partial charge in [-0.3, -0.25) is 0 Å². The molecular formula is C12H19ClN4. The molecule has 2 N–H and O–H groups in total. The van der Waals surface area contributed by atoms with Crippen LogP contribution in [0.25, 0.3) is 0 Å². The molecule has 2 rings (SSSR count). The van der Waals surface area contributed by atoms with Crippen molar-refractivity contribution >= 4 is 23.1 Å². The Balaban J connectivity index is 1.91. The van der Waals surface area contributed by atoms with Crippen LogP contribution in [-0.2, 0) is 0 Å². The van der Waals surface area contributed by atoms with Crippen molar-refractivity contribution in [2.45, 2.75) is 12.8 Å². The average molecular weight is 255 g/mol. The molecule has 17 heavy (non-hydrogen) atoms. The SMILES string of the molecule is CN(CCN1CCCC1)c1cc(N)cc(Cl)n1. The number of likely N-dealkylation sites (tertiary alicyclic amines) is 1. The Labute approximate surface area is 107 Å². The van der Waals surface area contributed by atoms with Gasteiger partial charge in [-0.2, -0.15) is 0 Å². The van der Waals surface area contributed by atoms with Crippen LogP contribution in [0.2, 0.25) is 5.15 Å². The Hall–Kier alpha value is -1.00. The molecule has 4 nitrogen and oxygen atoms in total. The number of rotatable bonds is 4. The minimum atomic E-state index is 0.452. The zero-order valence-corrected chi connectivity index (χ0v) is 11.0. The van der Waals surface area contributed by atoms with Crippen LogP contribution in [0, 0.1) is 0 Å². The number of pyridine rings is 1. The minimum absolute atomic E-state index is 0.452. The highest BCUT2D eigenvalue weighted by atomic mass is 35.5. The highest BCUT2D eigenvalue weighted by Gasteiger charge is 2.12. The van der Waals surface area contributed by atoms with Gasteiger partial charge in [-0.1, -0.05) is 11.6 Å². The largest absolute Gasteiger partial charge is 0.399 e. The van der Waals surface area contributed by atoms with Crippen LogP contribution >= 0.6 is 11.6 Å². The molecule has 0 saturated carbocycles. The topological polar surface area (TPSA) is 45.4 Å². The molecule has 0 aliphatic carbocycles. The standard InChI is InChI=1S/C12H19ClN4/c1-16(6-7-17-4-2-3-5-17)12-9-10(14)8-11(13)15-12/h8-9H,2-7H2,1H3,(H2,14,15).